The lowest BCUT2D eigenvalue weighted by Gasteiger charge is -2.37. The number of carbonyl (C=O) groups is 1. The number of carbonyl (C=O) groups excluding carboxylic acids is 1. The Labute approximate surface area is 173 Å². The molecule has 2 N–H and O–H groups in total. The number of H-pyrrole nitrogens is 2. The number of aromatic amines is 2. The fourth-order valence-electron chi connectivity index (χ4n) is 4.15. The first kappa shape index (κ1) is 18.6. The Morgan fingerprint density at radius 2 is 1.73 bits per heavy atom. The third kappa shape index (κ3) is 3.27. The van der Waals surface area contributed by atoms with Gasteiger partial charge in [-0.25, -0.2) is 4.98 Å². The number of amides is 1. The van der Waals surface area contributed by atoms with Gasteiger partial charge in [-0.2, -0.15) is 0 Å². The standard InChI is InChI=1S/C23H23N5O2/c1-15(21-25-19-9-5-3-7-17(19)22(29)26-21)27-10-12-28(13-11-27)23(30)20-14-16-6-2-4-8-18(16)24-20/h2-9,14-15,24H,10-13H2,1H3,(H,25,26,29). The van der Waals surface area contributed by atoms with E-state index in [1.807, 2.05) is 60.4 Å². The highest BCUT2D eigenvalue weighted by molar-refractivity contribution is 5.98. The van der Waals surface area contributed by atoms with Gasteiger partial charge >= 0.3 is 0 Å². The Kier molecular flexibility index (Phi) is 4.59. The highest BCUT2D eigenvalue weighted by atomic mass is 16.2. The van der Waals surface area contributed by atoms with E-state index in [9.17, 15) is 9.59 Å². The predicted molar refractivity (Wildman–Crippen MR) is 117 cm³/mol. The van der Waals surface area contributed by atoms with Crippen LogP contribution in [0.2, 0.25) is 0 Å². The highest BCUT2D eigenvalue weighted by Crippen LogP contribution is 2.21. The van der Waals surface area contributed by atoms with Crippen LogP contribution in [0.25, 0.3) is 21.8 Å². The number of nitrogens with one attached hydrogen (secondary N) is 2. The molecule has 0 spiro atoms. The zero-order chi connectivity index (χ0) is 20.7. The summed E-state index contributed by atoms with van der Waals surface area (Å²) in [5.74, 6) is 0.685. The molecule has 152 valence electrons. The summed E-state index contributed by atoms with van der Waals surface area (Å²) in [5.41, 5.74) is 2.18. The van der Waals surface area contributed by atoms with Crippen molar-refractivity contribution in [3.05, 3.63) is 76.5 Å². The zero-order valence-corrected chi connectivity index (χ0v) is 16.8. The molecule has 0 aliphatic carbocycles. The monoisotopic (exact) mass is 401 g/mol. The van der Waals surface area contributed by atoms with Gasteiger partial charge in [0.25, 0.3) is 11.5 Å². The summed E-state index contributed by atoms with van der Waals surface area (Å²) in [6, 6.07) is 17.1. The number of rotatable bonds is 3. The van der Waals surface area contributed by atoms with Crippen molar-refractivity contribution in [2.24, 2.45) is 0 Å². The molecule has 1 fully saturated rings. The minimum absolute atomic E-state index is 0.0238. The summed E-state index contributed by atoms with van der Waals surface area (Å²) in [6.45, 7) is 4.77. The molecule has 2 aromatic heterocycles. The van der Waals surface area contributed by atoms with Crippen LogP contribution in [0.1, 0.15) is 29.3 Å². The molecule has 7 nitrogen and oxygen atoms in total. The number of hydrogen-bond donors (Lipinski definition) is 2. The Balaban J connectivity index is 1.29. The molecule has 0 bridgehead atoms. The number of benzene rings is 2. The average molecular weight is 401 g/mol. The normalized spacial score (nSPS) is 16.2. The van der Waals surface area contributed by atoms with Crippen molar-refractivity contribution < 1.29 is 4.79 Å². The van der Waals surface area contributed by atoms with Crippen LogP contribution >= 0.6 is 0 Å². The third-order valence-corrected chi connectivity index (χ3v) is 5.94. The van der Waals surface area contributed by atoms with Crippen molar-refractivity contribution in [3.63, 3.8) is 0 Å². The van der Waals surface area contributed by atoms with Gasteiger partial charge in [-0.15, -0.1) is 0 Å². The second-order valence-electron chi connectivity index (χ2n) is 7.74. The lowest BCUT2D eigenvalue weighted by molar-refractivity contribution is 0.0571. The first-order valence-corrected chi connectivity index (χ1v) is 10.2. The van der Waals surface area contributed by atoms with Gasteiger partial charge in [-0.1, -0.05) is 30.3 Å². The maximum Gasteiger partial charge on any atom is 0.270 e. The van der Waals surface area contributed by atoms with Crippen molar-refractivity contribution in [2.75, 3.05) is 26.2 Å². The molecule has 1 aliphatic heterocycles. The van der Waals surface area contributed by atoms with Gasteiger partial charge in [0.15, 0.2) is 0 Å². The maximum atomic E-state index is 12.9. The predicted octanol–water partition coefficient (Wildman–Crippen LogP) is 2.92. The van der Waals surface area contributed by atoms with Crippen molar-refractivity contribution in [1.29, 1.82) is 0 Å². The molecule has 3 heterocycles. The van der Waals surface area contributed by atoms with E-state index < -0.39 is 0 Å². The lowest BCUT2D eigenvalue weighted by atomic mass is 10.2. The highest BCUT2D eigenvalue weighted by Gasteiger charge is 2.27. The van der Waals surface area contributed by atoms with Gasteiger partial charge < -0.3 is 14.9 Å². The van der Waals surface area contributed by atoms with E-state index in [1.165, 1.54) is 0 Å². The third-order valence-electron chi connectivity index (χ3n) is 5.94. The van der Waals surface area contributed by atoms with Gasteiger partial charge in [0.1, 0.15) is 11.5 Å². The second-order valence-corrected chi connectivity index (χ2v) is 7.74. The molecule has 2 aromatic carbocycles. The molecule has 4 aromatic rings. The van der Waals surface area contributed by atoms with Crippen LogP contribution in [0.3, 0.4) is 0 Å². The summed E-state index contributed by atoms with van der Waals surface area (Å²) in [7, 11) is 0. The number of para-hydroxylation sites is 2. The van der Waals surface area contributed by atoms with E-state index in [-0.39, 0.29) is 17.5 Å². The van der Waals surface area contributed by atoms with E-state index >= 15 is 0 Å². The fourth-order valence-corrected chi connectivity index (χ4v) is 4.15. The SMILES string of the molecule is CC(c1nc2ccccc2c(=O)[nH]1)N1CCN(C(=O)c2cc3ccccc3[nH]2)CC1. The van der Waals surface area contributed by atoms with E-state index in [0.717, 1.165) is 24.0 Å². The van der Waals surface area contributed by atoms with Crippen LogP contribution in [0.15, 0.2) is 59.4 Å². The van der Waals surface area contributed by atoms with E-state index in [2.05, 4.69) is 19.9 Å². The summed E-state index contributed by atoms with van der Waals surface area (Å²) in [5, 5.41) is 1.64. The van der Waals surface area contributed by atoms with Gasteiger partial charge in [0, 0.05) is 37.1 Å². The van der Waals surface area contributed by atoms with Crippen LogP contribution in [0.5, 0.6) is 0 Å². The smallest absolute Gasteiger partial charge is 0.270 e. The second kappa shape index (κ2) is 7.42. The number of piperazine rings is 1. The van der Waals surface area contributed by atoms with Crippen LogP contribution < -0.4 is 5.56 Å². The van der Waals surface area contributed by atoms with E-state index in [4.69, 9.17) is 0 Å². The molecule has 30 heavy (non-hydrogen) atoms. The van der Waals surface area contributed by atoms with Crippen LogP contribution in [0.4, 0.5) is 0 Å². The summed E-state index contributed by atoms with van der Waals surface area (Å²) in [6.07, 6.45) is 0. The Hall–Kier alpha value is -3.45. The van der Waals surface area contributed by atoms with Gasteiger partial charge in [-0.05, 0) is 31.2 Å². The van der Waals surface area contributed by atoms with Crippen molar-refractivity contribution >= 4 is 27.7 Å². The minimum atomic E-state index is -0.116. The molecule has 1 atom stereocenters. The first-order chi connectivity index (χ1) is 14.6. The van der Waals surface area contributed by atoms with Crippen molar-refractivity contribution in [3.8, 4) is 0 Å². The maximum absolute atomic E-state index is 12.9. The van der Waals surface area contributed by atoms with Crippen molar-refractivity contribution in [2.45, 2.75) is 13.0 Å². The first-order valence-electron chi connectivity index (χ1n) is 10.2. The van der Waals surface area contributed by atoms with Crippen molar-refractivity contribution in [1.82, 2.24) is 24.8 Å². The number of aromatic nitrogens is 3. The number of fused-ring (bicyclic) bond motifs is 2. The Morgan fingerprint density at radius 3 is 2.53 bits per heavy atom. The molecule has 0 radical (unpaired) electrons. The van der Waals surface area contributed by atoms with Gasteiger partial charge in [0.05, 0.1) is 16.9 Å². The Bertz CT molecular complexity index is 1250. The summed E-state index contributed by atoms with van der Waals surface area (Å²) in [4.78, 5) is 40.2. The summed E-state index contributed by atoms with van der Waals surface area (Å²) >= 11 is 0. The molecular formula is C23H23N5O2. The average Bonchev–Trinajstić information content (AvgIpc) is 3.22. The molecular weight excluding hydrogens is 378 g/mol. The lowest BCUT2D eigenvalue weighted by Crippen LogP contribution is -2.49. The minimum Gasteiger partial charge on any atom is -0.351 e. The zero-order valence-electron chi connectivity index (χ0n) is 16.8. The fraction of sp³-hybridized carbons (Fsp3) is 0.261. The molecule has 1 aliphatic rings. The largest absolute Gasteiger partial charge is 0.351 e. The molecule has 7 heteroatoms. The van der Waals surface area contributed by atoms with Gasteiger partial charge in [0.2, 0.25) is 0 Å². The molecule has 1 unspecified atom stereocenters. The van der Waals surface area contributed by atoms with Crippen LogP contribution in [0, 0.1) is 0 Å². The Morgan fingerprint density at radius 1 is 1.00 bits per heavy atom. The molecule has 0 saturated carbocycles. The molecule has 5 rings (SSSR count). The van der Waals surface area contributed by atoms with E-state index in [0.29, 0.717) is 35.5 Å². The van der Waals surface area contributed by atoms with Gasteiger partial charge in [-0.3, -0.25) is 14.5 Å². The quantitative estimate of drug-likeness (QED) is 0.553. The van der Waals surface area contributed by atoms with Crippen LogP contribution in [-0.2, 0) is 0 Å². The molecule has 1 saturated heterocycles. The van der Waals surface area contributed by atoms with E-state index in [1.54, 1.807) is 6.07 Å². The number of nitrogens with zero attached hydrogens (tertiary/aromatic N) is 3. The van der Waals surface area contributed by atoms with Crippen LogP contribution in [-0.4, -0.2) is 56.8 Å². The number of hydrogen-bond acceptors (Lipinski definition) is 4. The topological polar surface area (TPSA) is 85.1 Å². The molecule has 1 amide bonds. The summed E-state index contributed by atoms with van der Waals surface area (Å²) < 4.78 is 0.